The largest absolute Gasteiger partial charge is 0.470 e. The number of fused-ring (bicyclic) bond motifs is 1. The zero-order valence-electron chi connectivity index (χ0n) is 15.0. The van der Waals surface area contributed by atoms with Gasteiger partial charge in [-0.1, -0.05) is 19.6 Å². The molecule has 140 valence electrons. The molecule has 0 fully saturated rings. The third-order valence-corrected chi connectivity index (χ3v) is 7.23. The summed E-state index contributed by atoms with van der Waals surface area (Å²) in [5, 5.41) is 0. The molecule has 2 N–H and O–H groups in total. The molecule has 0 aliphatic carbocycles. The number of nitrogens with zero attached hydrogens (tertiary/aromatic N) is 4. The Morgan fingerprint density at radius 1 is 1.27 bits per heavy atom. The second kappa shape index (κ2) is 8.19. The van der Waals surface area contributed by atoms with E-state index in [1.807, 2.05) is 10.6 Å². The van der Waals surface area contributed by atoms with Crippen LogP contribution in [-0.2, 0) is 18.1 Å². The SMILES string of the molecule is C[Si](C)(C)CCOCn1cnc2c(OCc3ccc([131I])s3)nc(N)nc21. The fourth-order valence-corrected chi connectivity index (χ4v) is 4.67. The van der Waals surface area contributed by atoms with Crippen molar-refractivity contribution < 1.29 is 9.47 Å². The summed E-state index contributed by atoms with van der Waals surface area (Å²) < 4.78 is 14.7. The van der Waals surface area contributed by atoms with E-state index in [4.69, 9.17) is 15.2 Å². The molecule has 0 spiro atoms. The smallest absolute Gasteiger partial charge is 0.247 e. The standard InChI is InChI=1S/C16H22IN5O2SSi/c1-26(2,3)7-6-23-10-22-9-19-13-14(22)20-16(18)21-15(13)24-8-11-4-5-12(17)25-11/h4-5,9H,6-8,10H2,1-3H3,(H2,18,20,21)/i17+4. The van der Waals surface area contributed by atoms with E-state index in [1.54, 1.807) is 17.7 Å². The number of halogens is 1. The number of hydrogen-bond acceptors (Lipinski definition) is 7. The average molecular weight is 507 g/mol. The number of hydrogen-bond donors (Lipinski definition) is 1. The van der Waals surface area contributed by atoms with Gasteiger partial charge in [-0.3, -0.25) is 4.57 Å². The summed E-state index contributed by atoms with van der Waals surface area (Å²) in [6, 6.07) is 5.21. The molecule has 0 aliphatic rings. The van der Waals surface area contributed by atoms with E-state index in [0.29, 0.717) is 30.4 Å². The minimum absolute atomic E-state index is 0.164. The number of aromatic nitrogens is 4. The molecule has 26 heavy (non-hydrogen) atoms. The second-order valence-electron chi connectivity index (χ2n) is 7.12. The Balaban J connectivity index is 1.71. The number of nitrogen functional groups attached to an aromatic ring is 1. The molecule has 0 amide bonds. The van der Waals surface area contributed by atoms with E-state index in [9.17, 15) is 0 Å². The van der Waals surface area contributed by atoms with Crippen molar-refractivity contribution >= 4 is 59.1 Å². The van der Waals surface area contributed by atoms with Crippen LogP contribution in [0.5, 0.6) is 5.88 Å². The van der Waals surface area contributed by atoms with Crippen LogP contribution in [-0.4, -0.2) is 34.2 Å². The summed E-state index contributed by atoms with van der Waals surface area (Å²) >= 11 is 3.97. The molecule has 3 aromatic heterocycles. The van der Waals surface area contributed by atoms with Gasteiger partial charge >= 0.3 is 0 Å². The molecular weight excluding hydrogens is 485 g/mol. The van der Waals surface area contributed by atoms with Gasteiger partial charge in [-0.05, 0) is 40.8 Å². The van der Waals surface area contributed by atoms with E-state index in [-0.39, 0.29) is 5.95 Å². The molecule has 3 rings (SSSR count). The quantitative estimate of drug-likeness (QED) is 0.282. The molecule has 0 saturated heterocycles. The summed E-state index contributed by atoms with van der Waals surface area (Å²) in [5.74, 6) is 0.564. The summed E-state index contributed by atoms with van der Waals surface area (Å²) in [6.07, 6.45) is 1.69. The predicted molar refractivity (Wildman–Crippen MR) is 115 cm³/mol. The molecule has 0 bridgehead atoms. The fourth-order valence-electron chi connectivity index (χ4n) is 2.24. The summed E-state index contributed by atoms with van der Waals surface area (Å²) in [6.45, 7) is 8.54. The molecule has 0 unspecified atom stereocenters. The Labute approximate surface area is 171 Å². The highest BCUT2D eigenvalue weighted by atomic mass is 131. The topological polar surface area (TPSA) is 88.1 Å². The summed E-state index contributed by atoms with van der Waals surface area (Å²) in [7, 11) is -1.11. The first-order valence-electron chi connectivity index (χ1n) is 8.25. The van der Waals surface area contributed by atoms with Gasteiger partial charge in [0, 0.05) is 19.6 Å². The Bertz CT molecular complexity index is 893. The lowest BCUT2D eigenvalue weighted by Crippen LogP contribution is -2.22. The number of ether oxygens (including phenoxy) is 2. The number of nitrogens with two attached hydrogens (primary N) is 1. The predicted octanol–water partition coefficient (Wildman–Crippen LogP) is 3.97. The van der Waals surface area contributed by atoms with Crippen molar-refractivity contribution in [3.63, 3.8) is 0 Å². The number of imidazole rings is 1. The highest BCUT2D eigenvalue weighted by Crippen LogP contribution is 2.25. The maximum atomic E-state index is 5.86. The zero-order chi connectivity index (χ0) is 18.7. The molecule has 10 heteroatoms. The number of anilines is 1. The van der Waals surface area contributed by atoms with Gasteiger partial charge in [-0.25, -0.2) is 4.98 Å². The van der Waals surface area contributed by atoms with Gasteiger partial charge in [0.1, 0.15) is 13.3 Å². The summed E-state index contributed by atoms with van der Waals surface area (Å²) in [4.78, 5) is 14.0. The van der Waals surface area contributed by atoms with Crippen LogP contribution in [0, 0.1) is 2.88 Å². The lowest BCUT2D eigenvalue weighted by atomic mass is 10.5. The van der Waals surface area contributed by atoms with Crippen molar-refractivity contribution in [2.75, 3.05) is 12.3 Å². The van der Waals surface area contributed by atoms with Crippen LogP contribution < -0.4 is 10.5 Å². The van der Waals surface area contributed by atoms with E-state index < -0.39 is 8.07 Å². The van der Waals surface area contributed by atoms with Gasteiger partial charge in [0.05, 0.1) is 9.21 Å². The molecule has 0 radical (unpaired) electrons. The van der Waals surface area contributed by atoms with Crippen LogP contribution >= 0.6 is 33.9 Å². The van der Waals surface area contributed by atoms with Crippen molar-refractivity contribution in [1.29, 1.82) is 0 Å². The first kappa shape index (κ1) is 19.5. The van der Waals surface area contributed by atoms with Crippen LogP contribution in [0.4, 0.5) is 5.95 Å². The van der Waals surface area contributed by atoms with Crippen molar-refractivity contribution in [2.45, 2.75) is 39.0 Å². The van der Waals surface area contributed by atoms with E-state index >= 15 is 0 Å². The minimum atomic E-state index is -1.11. The van der Waals surface area contributed by atoms with E-state index in [2.05, 4.69) is 63.3 Å². The van der Waals surface area contributed by atoms with Gasteiger partial charge in [-0.15, -0.1) is 11.3 Å². The van der Waals surface area contributed by atoms with Crippen molar-refractivity contribution in [3.8, 4) is 5.88 Å². The molecule has 7 nitrogen and oxygen atoms in total. The molecule has 0 aromatic carbocycles. The maximum Gasteiger partial charge on any atom is 0.247 e. The van der Waals surface area contributed by atoms with Gasteiger partial charge in [0.15, 0.2) is 11.2 Å². The maximum absolute atomic E-state index is 5.86. The summed E-state index contributed by atoms with van der Waals surface area (Å²) in [5.41, 5.74) is 7.08. The van der Waals surface area contributed by atoms with Crippen molar-refractivity contribution in [2.24, 2.45) is 0 Å². The monoisotopic (exact) mass is 507 g/mol. The molecule has 3 heterocycles. The Morgan fingerprint density at radius 2 is 2.08 bits per heavy atom. The third-order valence-electron chi connectivity index (χ3n) is 3.66. The van der Waals surface area contributed by atoms with Crippen molar-refractivity contribution in [1.82, 2.24) is 19.5 Å². The van der Waals surface area contributed by atoms with Crippen LogP contribution in [0.2, 0.25) is 25.7 Å². The van der Waals surface area contributed by atoms with Gasteiger partial charge < -0.3 is 15.2 Å². The van der Waals surface area contributed by atoms with E-state index in [1.165, 1.54) is 2.88 Å². The van der Waals surface area contributed by atoms with Gasteiger partial charge in [-0.2, -0.15) is 9.97 Å². The molecular formula is C16H22IN5O2SSi. The fraction of sp³-hybridized carbons (Fsp3) is 0.438. The minimum Gasteiger partial charge on any atom is -0.470 e. The number of rotatable bonds is 8. The average Bonchev–Trinajstić information content (AvgIpc) is 3.15. The zero-order valence-corrected chi connectivity index (χ0v) is 19.0. The molecule has 0 atom stereocenters. The molecule has 3 aromatic rings. The van der Waals surface area contributed by atoms with Crippen LogP contribution in [0.3, 0.4) is 0 Å². The van der Waals surface area contributed by atoms with Gasteiger partial charge in [0.2, 0.25) is 11.8 Å². The Kier molecular flexibility index (Phi) is 6.15. The second-order valence-corrected chi connectivity index (χ2v) is 15.8. The van der Waals surface area contributed by atoms with Crippen LogP contribution in [0.25, 0.3) is 11.2 Å². The highest BCUT2D eigenvalue weighted by molar-refractivity contribution is 14.1. The Morgan fingerprint density at radius 3 is 2.77 bits per heavy atom. The first-order valence-corrected chi connectivity index (χ1v) is 13.9. The lowest BCUT2D eigenvalue weighted by Gasteiger charge is -2.15. The normalized spacial score (nSPS) is 12.0. The van der Waals surface area contributed by atoms with Crippen LogP contribution in [0.1, 0.15) is 4.88 Å². The Hall–Kier alpha value is -1.24. The number of thiophene rings is 1. The highest BCUT2D eigenvalue weighted by Gasteiger charge is 2.15. The lowest BCUT2D eigenvalue weighted by molar-refractivity contribution is 0.0895. The first-order chi connectivity index (χ1) is 12.3. The molecule has 0 aliphatic heterocycles. The van der Waals surface area contributed by atoms with Crippen molar-refractivity contribution in [3.05, 3.63) is 26.2 Å². The third kappa shape index (κ3) is 5.15. The van der Waals surface area contributed by atoms with Gasteiger partial charge in [0.25, 0.3) is 0 Å². The van der Waals surface area contributed by atoms with Crippen LogP contribution in [0.15, 0.2) is 18.5 Å². The van der Waals surface area contributed by atoms with E-state index in [0.717, 1.165) is 17.5 Å². The molecule has 0 saturated carbocycles.